The molecule has 0 aliphatic carbocycles. The molecule has 0 saturated carbocycles. The van der Waals surface area contributed by atoms with Crippen LogP contribution >= 0.6 is 43.2 Å². The highest BCUT2D eigenvalue weighted by Gasteiger charge is 2.12. The first-order valence-electron chi connectivity index (χ1n) is 5.41. The van der Waals surface area contributed by atoms with Gasteiger partial charge < -0.3 is 10.1 Å². The number of carbonyl (C=O) groups excluding carboxylic acids is 1. The molecule has 1 aromatic heterocycles. The molecule has 1 amide bonds. The SMILES string of the molecule is COc1cc(Br)cc(NC(=O)c2cc(C)c(Br)s2)c1. The van der Waals surface area contributed by atoms with E-state index in [0.29, 0.717) is 16.3 Å². The molecule has 1 N–H and O–H groups in total. The first-order chi connectivity index (χ1) is 8.99. The van der Waals surface area contributed by atoms with E-state index >= 15 is 0 Å². The Bertz CT molecular complexity index is 606. The zero-order chi connectivity index (χ0) is 14.0. The Hall–Kier alpha value is -0.850. The fraction of sp³-hybridized carbons (Fsp3) is 0.154. The molecule has 1 heterocycles. The standard InChI is InChI=1S/C13H11Br2NO2S/c1-7-3-11(19-12(7)15)13(17)16-9-4-8(14)5-10(6-9)18-2/h3-6H,1-2H3,(H,16,17). The molecule has 0 saturated heterocycles. The zero-order valence-corrected chi connectivity index (χ0v) is 14.3. The smallest absolute Gasteiger partial charge is 0.265 e. The van der Waals surface area contributed by atoms with E-state index in [-0.39, 0.29) is 5.91 Å². The lowest BCUT2D eigenvalue weighted by molar-refractivity contribution is 0.103. The Morgan fingerprint density at radius 1 is 1.26 bits per heavy atom. The maximum absolute atomic E-state index is 12.1. The molecule has 0 radical (unpaired) electrons. The molecule has 0 spiro atoms. The molecule has 2 rings (SSSR count). The van der Waals surface area contributed by atoms with Gasteiger partial charge in [-0.3, -0.25) is 4.79 Å². The van der Waals surface area contributed by atoms with Gasteiger partial charge in [-0.1, -0.05) is 15.9 Å². The van der Waals surface area contributed by atoms with Crippen LogP contribution in [0.15, 0.2) is 32.5 Å². The summed E-state index contributed by atoms with van der Waals surface area (Å²) < 4.78 is 6.99. The van der Waals surface area contributed by atoms with E-state index in [0.717, 1.165) is 13.8 Å². The van der Waals surface area contributed by atoms with Crippen molar-refractivity contribution in [1.29, 1.82) is 0 Å². The maximum atomic E-state index is 12.1. The van der Waals surface area contributed by atoms with Gasteiger partial charge >= 0.3 is 0 Å². The van der Waals surface area contributed by atoms with Crippen LogP contribution in [0.2, 0.25) is 0 Å². The molecule has 0 unspecified atom stereocenters. The van der Waals surface area contributed by atoms with Crippen LogP contribution in [0.4, 0.5) is 5.69 Å². The summed E-state index contributed by atoms with van der Waals surface area (Å²) in [7, 11) is 1.59. The van der Waals surface area contributed by atoms with Crippen LogP contribution in [-0.4, -0.2) is 13.0 Å². The van der Waals surface area contributed by atoms with Gasteiger partial charge in [-0.05, 0) is 46.6 Å². The second kappa shape index (κ2) is 6.07. The Labute approximate surface area is 132 Å². The number of ether oxygens (including phenoxy) is 1. The van der Waals surface area contributed by atoms with Crippen molar-refractivity contribution in [2.75, 3.05) is 12.4 Å². The fourth-order valence-electron chi connectivity index (χ4n) is 1.52. The van der Waals surface area contributed by atoms with Crippen molar-refractivity contribution in [3.05, 3.63) is 43.0 Å². The Kier molecular flexibility index (Phi) is 4.65. The summed E-state index contributed by atoms with van der Waals surface area (Å²) in [5.74, 6) is 0.562. The van der Waals surface area contributed by atoms with E-state index < -0.39 is 0 Å². The highest BCUT2D eigenvalue weighted by atomic mass is 79.9. The van der Waals surface area contributed by atoms with Gasteiger partial charge in [0.2, 0.25) is 0 Å². The van der Waals surface area contributed by atoms with Crippen LogP contribution in [-0.2, 0) is 0 Å². The van der Waals surface area contributed by atoms with Crippen LogP contribution in [0.5, 0.6) is 5.75 Å². The third kappa shape index (κ3) is 3.58. The first-order valence-corrected chi connectivity index (χ1v) is 7.81. The normalized spacial score (nSPS) is 10.3. The van der Waals surface area contributed by atoms with Crippen molar-refractivity contribution in [2.24, 2.45) is 0 Å². The number of benzene rings is 1. The van der Waals surface area contributed by atoms with E-state index in [9.17, 15) is 4.79 Å². The molecule has 3 nitrogen and oxygen atoms in total. The predicted molar refractivity (Wildman–Crippen MR) is 85.4 cm³/mol. The molecule has 6 heteroatoms. The van der Waals surface area contributed by atoms with Crippen LogP contribution in [0.3, 0.4) is 0 Å². The summed E-state index contributed by atoms with van der Waals surface area (Å²) in [5.41, 5.74) is 1.75. The number of amides is 1. The summed E-state index contributed by atoms with van der Waals surface area (Å²) in [6.07, 6.45) is 0. The lowest BCUT2D eigenvalue weighted by Crippen LogP contribution is -2.10. The van der Waals surface area contributed by atoms with Crippen LogP contribution in [0.1, 0.15) is 15.2 Å². The minimum absolute atomic E-state index is 0.126. The van der Waals surface area contributed by atoms with Crippen LogP contribution in [0.25, 0.3) is 0 Å². The van der Waals surface area contributed by atoms with Gasteiger partial charge in [0.25, 0.3) is 5.91 Å². The third-order valence-electron chi connectivity index (χ3n) is 2.45. The highest BCUT2D eigenvalue weighted by molar-refractivity contribution is 9.11. The minimum Gasteiger partial charge on any atom is -0.497 e. The van der Waals surface area contributed by atoms with Crippen molar-refractivity contribution >= 4 is 54.8 Å². The summed E-state index contributed by atoms with van der Waals surface area (Å²) in [4.78, 5) is 12.8. The Morgan fingerprint density at radius 3 is 2.58 bits per heavy atom. The van der Waals surface area contributed by atoms with E-state index in [1.54, 1.807) is 13.2 Å². The predicted octanol–water partition coefficient (Wildman–Crippen LogP) is 4.84. The molecular weight excluding hydrogens is 394 g/mol. The molecule has 1 aromatic carbocycles. The quantitative estimate of drug-likeness (QED) is 0.794. The highest BCUT2D eigenvalue weighted by Crippen LogP contribution is 2.29. The average molecular weight is 405 g/mol. The largest absolute Gasteiger partial charge is 0.497 e. The van der Waals surface area contributed by atoms with Gasteiger partial charge in [0.05, 0.1) is 15.8 Å². The summed E-state index contributed by atoms with van der Waals surface area (Å²) >= 11 is 8.21. The monoisotopic (exact) mass is 403 g/mol. The van der Waals surface area contributed by atoms with Gasteiger partial charge in [-0.2, -0.15) is 0 Å². The van der Waals surface area contributed by atoms with Crippen molar-refractivity contribution in [2.45, 2.75) is 6.92 Å². The number of anilines is 1. The average Bonchev–Trinajstić information content (AvgIpc) is 2.69. The Balaban J connectivity index is 2.21. The third-order valence-corrected chi connectivity index (χ3v) is 5.04. The molecule has 0 aliphatic heterocycles. The van der Waals surface area contributed by atoms with E-state index in [2.05, 4.69) is 37.2 Å². The van der Waals surface area contributed by atoms with Crippen molar-refractivity contribution in [1.82, 2.24) is 0 Å². The summed E-state index contributed by atoms with van der Waals surface area (Å²) in [6.45, 7) is 1.96. The molecule has 0 fully saturated rings. The topological polar surface area (TPSA) is 38.3 Å². The van der Waals surface area contributed by atoms with Gasteiger partial charge in [-0.25, -0.2) is 0 Å². The van der Waals surface area contributed by atoms with Crippen molar-refractivity contribution < 1.29 is 9.53 Å². The molecule has 100 valence electrons. The minimum atomic E-state index is -0.126. The van der Waals surface area contributed by atoms with Crippen molar-refractivity contribution in [3.8, 4) is 5.75 Å². The van der Waals surface area contributed by atoms with Crippen LogP contribution < -0.4 is 10.1 Å². The van der Waals surface area contributed by atoms with Gasteiger partial charge in [-0.15, -0.1) is 11.3 Å². The molecule has 19 heavy (non-hydrogen) atoms. The number of carbonyl (C=O) groups is 1. The molecular formula is C13H11Br2NO2S. The first kappa shape index (κ1) is 14.6. The van der Waals surface area contributed by atoms with E-state index in [1.807, 2.05) is 25.1 Å². The number of rotatable bonds is 3. The maximum Gasteiger partial charge on any atom is 0.265 e. The van der Waals surface area contributed by atoms with Crippen LogP contribution in [0, 0.1) is 6.92 Å². The lowest BCUT2D eigenvalue weighted by Gasteiger charge is -2.07. The number of halogens is 2. The number of methoxy groups -OCH3 is 1. The second-order valence-corrected chi connectivity index (χ2v) is 7.19. The zero-order valence-electron chi connectivity index (χ0n) is 10.3. The molecule has 0 bridgehead atoms. The fourth-order valence-corrected chi connectivity index (χ4v) is 3.42. The van der Waals surface area contributed by atoms with Gasteiger partial charge in [0, 0.05) is 16.2 Å². The number of hydrogen-bond acceptors (Lipinski definition) is 3. The molecule has 0 aliphatic rings. The number of thiophene rings is 1. The molecule has 2 aromatic rings. The second-order valence-electron chi connectivity index (χ2n) is 3.90. The number of aryl methyl sites for hydroxylation is 1. The summed E-state index contributed by atoms with van der Waals surface area (Å²) in [6, 6.07) is 7.30. The Morgan fingerprint density at radius 2 is 2.00 bits per heavy atom. The van der Waals surface area contributed by atoms with E-state index in [1.165, 1.54) is 11.3 Å². The van der Waals surface area contributed by atoms with Gasteiger partial charge in [0.15, 0.2) is 0 Å². The number of nitrogens with one attached hydrogen (secondary N) is 1. The van der Waals surface area contributed by atoms with Crippen molar-refractivity contribution in [3.63, 3.8) is 0 Å². The molecule has 0 atom stereocenters. The lowest BCUT2D eigenvalue weighted by atomic mass is 10.3. The number of hydrogen-bond donors (Lipinski definition) is 1. The summed E-state index contributed by atoms with van der Waals surface area (Å²) in [5, 5.41) is 2.85. The van der Waals surface area contributed by atoms with Gasteiger partial charge in [0.1, 0.15) is 5.75 Å². The van der Waals surface area contributed by atoms with E-state index in [4.69, 9.17) is 4.74 Å².